The number of nitro groups is 2. The number of phenolic OH excluding ortho intramolecular Hbond substituents is 1. The lowest BCUT2D eigenvalue weighted by atomic mass is 10.2. The van der Waals surface area contributed by atoms with Crippen LogP contribution in [-0.4, -0.2) is 87.1 Å². The number of aromatic hydroxyl groups is 1. The maximum atomic E-state index is 11.0. The van der Waals surface area contributed by atoms with Crippen LogP contribution in [-0.2, 0) is 23.7 Å². The molecule has 1 aliphatic rings. The molecule has 13 heteroatoms. The predicted octanol–water partition coefficient (Wildman–Crippen LogP) is 1.05. The summed E-state index contributed by atoms with van der Waals surface area (Å²) in [5.74, 6) is -1.20. The van der Waals surface area contributed by atoms with E-state index in [1.807, 2.05) is 0 Å². The molecule has 2 rings (SSSR count). The van der Waals surface area contributed by atoms with Crippen molar-refractivity contribution in [2.45, 2.75) is 6.10 Å². The number of benzene rings is 1. The Balaban J connectivity index is 2.00. The molecule has 0 aliphatic carbocycles. The second kappa shape index (κ2) is 12.9. The van der Waals surface area contributed by atoms with Crippen LogP contribution in [0.4, 0.5) is 11.4 Å². The van der Waals surface area contributed by atoms with E-state index in [2.05, 4.69) is 0 Å². The van der Waals surface area contributed by atoms with E-state index in [9.17, 15) is 25.3 Å². The van der Waals surface area contributed by atoms with Crippen molar-refractivity contribution in [3.63, 3.8) is 0 Å². The number of nitrogens with zero attached hydrogens (tertiary/aromatic N) is 2. The lowest BCUT2D eigenvalue weighted by Gasteiger charge is -2.19. The van der Waals surface area contributed by atoms with Gasteiger partial charge in [0.25, 0.3) is 5.69 Å². The first-order chi connectivity index (χ1) is 14.5. The summed E-state index contributed by atoms with van der Waals surface area (Å²) in [4.78, 5) is 20.3. The van der Waals surface area contributed by atoms with E-state index in [-0.39, 0.29) is 19.8 Å². The molecule has 1 heterocycles. The Morgan fingerprint density at radius 1 is 0.900 bits per heavy atom. The number of nitro benzene ring substituents is 2. The van der Waals surface area contributed by atoms with Crippen molar-refractivity contribution < 1.29 is 43.4 Å². The van der Waals surface area contributed by atoms with Crippen molar-refractivity contribution in [2.75, 3.05) is 66.1 Å². The van der Waals surface area contributed by atoms with Crippen molar-refractivity contribution in [3.05, 3.63) is 32.4 Å². The van der Waals surface area contributed by atoms with E-state index in [1.54, 1.807) is 0 Å². The van der Waals surface area contributed by atoms with E-state index in [4.69, 9.17) is 28.4 Å². The smallest absolute Gasteiger partial charge is 0.321 e. The number of ether oxygens (including phenoxy) is 6. The first-order valence-electron chi connectivity index (χ1n) is 9.20. The van der Waals surface area contributed by atoms with Crippen LogP contribution in [0.2, 0.25) is 0 Å². The lowest BCUT2D eigenvalue weighted by molar-refractivity contribution is -0.394. The zero-order chi connectivity index (χ0) is 21.8. The van der Waals surface area contributed by atoms with Gasteiger partial charge in [-0.1, -0.05) is 0 Å². The van der Waals surface area contributed by atoms with Gasteiger partial charge in [-0.15, -0.1) is 0 Å². The van der Waals surface area contributed by atoms with E-state index in [0.717, 1.165) is 6.07 Å². The highest BCUT2D eigenvalue weighted by molar-refractivity contribution is 5.61. The summed E-state index contributed by atoms with van der Waals surface area (Å²) < 4.78 is 32.5. The Bertz CT molecular complexity index is 685. The molecule has 1 atom stereocenters. The highest BCUT2D eigenvalue weighted by Gasteiger charge is 2.25. The fraction of sp³-hybridized carbons (Fsp3) is 0.647. The maximum Gasteiger partial charge on any atom is 0.321 e. The van der Waals surface area contributed by atoms with Gasteiger partial charge in [0.05, 0.1) is 81.4 Å². The van der Waals surface area contributed by atoms with Gasteiger partial charge in [0, 0.05) is 0 Å². The predicted molar refractivity (Wildman–Crippen MR) is 99.9 cm³/mol. The van der Waals surface area contributed by atoms with E-state index >= 15 is 0 Å². The van der Waals surface area contributed by atoms with Gasteiger partial charge in [0.1, 0.15) is 12.7 Å². The van der Waals surface area contributed by atoms with Crippen molar-refractivity contribution >= 4 is 11.4 Å². The molecule has 1 aliphatic heterocycles. The van der Waals surface area contributed by atoms with Crippen LogP contribution < -0.4 is 4.74 Å². The Morgan fingerprint density at radius 2 is 1.47 bits per heavy atom. The minimum Gasteiger partial charge on any atom is -0.500 e. The number of hydrogen-bond acceptors (Lipinski definition) is 11. The topological polar surface area (TPSA) is 162 Å². The summed E-state index contributed by atoms with van der Waals surface area (Å²) in [5, 5.41) is 32.1. The highest BCUT2D eigenvalue weighted by Crippen LogP contribution is 2.39. The standard InChI is InChI=1S/C17H24N2O11/c20-17-15(19(23)24)9-13(18(21)22)10-16(17)30-12-14-11-28-6-5-26-2-1-25-3-4-27-7-8-29-14/h9-10,14,20H,1-8,11-12H2. The second-order valence-corrected chi connectivity index (χ2v) is 6.04. The van der Waals surface area contributed by atoms with Crippen LogP contribution in [0, 0.1) is 20.2 Å². The summed E-state index contributed by atoms with van der Waals surface area (Å²) in [6.07, 6.45) is -0.618. The first-order valence-corrected chi connectivity index (χ1v) is 9.20. The Labute approximate surface area is 171 Å². The average molecular weight is 432 g/mol. The van der Waals surface area contributed by atoms with Gasteiger partial charge in [0.15, 0.2) is 5.75 Å². The lowest BCUT2D eigenvalue weighted by Crippen LogP contribution is -2.29. The quantitative estimate of drug-likeness (QED) is 0.523. The Morgan fingerprint density at radius 3 is 2.03 bits per heavy atom. The molecule has 168 valence electrons. The van der Waals surface area contributed by atoms with Gasteiger partial charge in [0.2, 0.25) is 5.75 Å². The van der Waals surface area contributed by atoms with Gasteiger partial charge in [-0.05, 0) is 0 Å². The maximum absolute atomic E-state index is 11.0. The molecule has 1 aromatic rings. The fourth-order valence-corrected chi connectivity index (χ4v) is 2.41. The molecule has 0 spiro atoms. The van der Waals surface area contributed by atoms with Crippen LogP contribution in [0.25, 0.3) is 0 Å². The van der Waals surface area contributed by atoms with Crippen LogP contribution in [0.1, 0.15) is 0 Å². The molecule has 1 aromatic carbocycles. The normalized spacial score (nSPS) is 19.9. The molecule has 1 unspecified atom stereocenters. The molecule has 1 fully saturated rings. The van der Waals surface area contributed by atoms with Crippen molar-refractivity contribution in [1.29, 1.82) is 0 Å². The van der Waals surface area contributed by atoms with Crippen LogP contribution >= 0.6 is 0 Å². The molecule has 13 nitrogen and oxygen atoms in total. The van der Waals surface area contributed by atoms with Gasteiger partial charge in [-0.2, -0.15) is 0 Å². The van der Waals surface area contributed by atoms with Crippen LogP contribution in [0.5, 0.6) is 11.5 Å². The van der Waals surface area contributed by atoms with Gasteiger partial charge in [-0.3, -0.25) is 20.2 Å². The zero-order valence-corrected chi connectivity index (χ0v) is 16.2. The fourth-order valence-electron chi connectivity index (χ4n) is 2.41. The molecular formula is C17H24N2O11. The average Bonchev–Trinajstić information content (AvgIpc) is 2.72. The van der Waals surface area contributed by atoms with Crippen molar-refractivity contribution in [2.24, 2.45) is 0 Å². The Kier molecular flexibility index (Phi) is 10.2. The van der Waals surface area contributed by atoms with Gasteiger partial charge < -0.3 is 33.5 Å². The number of rotatable bonds is 5. The molecule has 0 bridgehead atoms. The third kappa shape index (κ3) is 8.04. The van der Waals surface area contributed by atoms with Crippen LogP contribution in [0.15, 0.2) is 12.1 Å². The third-order valence-corrected chi connectivity index (χ3v) is 3.87. The monoisotopic (exact) mass is 432 g/mol. The number of hydrogen-bond donors (Lipinski definition) is 1. The molecule has 1 N–H and O–H groups in total. The molecule has 0 amide bonds. The van der Waals surface area contributed by atoms with Crippen molar-refractivity contribution in [3.8, 4) is 11.5 Å². The summed E-state index contributed by atoms with van der Waals surface area (Å²) >= 11 is 0. The molecule has 0 saturated carbocycles. The summed E-state index contributed by atoms with van der Waals surface area (Å²) in [7, 11) is 0. The largest absolute Gasteiger partial charge is 0.500 e. The third-order valence-electron chi connectivity index (χ3n) is 3.87. The summed E-state index contributed by atoms with van der Waals surface area (Å²) in [6, 6.07) is 1.57. The minimum absolute atomic E-state index is 0.109. The highest BCUT2D eigenvalue weighted by atomic mass is 16.6. The van der Waals surface area contributed by atoms with E-state index in [1.165, 1.54) is 0 Å². The van der Waals surface area contributed by atoms with E-state index in [0.29, 0.717) is 52.3 Å². The van der Waals surface area contributed by atoms with Crippen LogP contribution in [0.3, 0.4) is 0 Å². The second-order valence-electron chi connectivity index (χ2n) is 6.04. The first kappa shape index (κ1) is 23.7. The minimum atomic E-state index is -0.931. The van der Waals surface area contributed by atoms with Crippen molar-refractivity contribution in [1.82, 2.24) is 0 Å². The SMILES string of the molecule is O=[N+]([O-])c1cc(OCC2COCCOCCOCCOCCO2)c(O)c([N+](=O)[O-])c1. The van der Waals surface area contributed by atoms with Gasteiger partial charge in [-0.25, -0.2) is 0 Å². The molecule has 30 heavy (non-hydrogen) atoms. The molecular weight excluding hydrogens is 408 g/mol. The number of non-ortho nitro benzene ring substituents is 1. The molecule has 1 saturated heterocycles. The number of phenols is 1. The summed E-state index contributed by atoms with van der Waals surface area (Å²) in [5.41, 5.74) is -1.41. The molecule has 0 radical (unpaired) electrons. The molecule has 0 aromatic heterocycles. The Hall–Kier alpha value is -2.58. The van der Waals surface area contributed by atoms with Gasteiger partial charge >= 0.3 is 5.69 Å². The zero-order valence-electron chi connectivity index (χ0n) is 16.2. The summed E-state index contributed by atoms with van der Waals surface area (Å²) in [6.45, 7) is 2.80. The van der Waals surface area contributed by atoms with E-state index < -0.39 is 38.8 Å².